The van der Waals surface area contributed by atoms with E-state index in [2.05, 4.69) is 21.2 Å². The SMILES string of the molecule is CC(NC(=O)[C@@H]1CC[C@H](C(=O)O)O1)c1ccccc1Br. The number of nitrogens with one attached hydrogen (secondary N) is 1. The zero-order chi connectivity index (χ0) is 14.7. The number of carbonyl (C=O) groups excluding carboxylic acids is 1. The molecule has 5 nitrogen and oxygen atoms in total. The third kappa shape index (κ3) is 3.37. The molecule has 0 saturated carbocycles. The number of hydrogen-bond donors (Lipinski definition) is 2. The maximum atomic E-state index is 12.1. The van der Waals surface area contributed by atoms with Crippen molar-refractivity contribution in [3.8, 4) is 0 Å². The van der Waals surface area contributed by atoms with Crippen molar-refractivity contribution in [3.63, 3.8) is 0 Å². The monoisotopic (exact) mass is 341 g/mol. The molecule has 108 valence electrons. The summed E-state index contributed by atoms with van der Waals surface area (Å²) in [6.07, 6.45) is -0.743. The van der Waals surface area contributed by atoms with Gasteiger partial charge in [0.15, 0.2) is 6.10 Å². The second kappa shape index (κ2) is 6.37. The van der Waals surface area contributed by atoms with E-state index >= 15 is 0 Å². The fourth-order valence-electron chi connectivity index (χ4n) is 2.22. The van der Waals surface area contributed by atoms with Gasteiger partial charge in [-0.1, -0.05) is 34.1 Å². The summed E-state index contributed by atoms with van der Waals surface area (Å²) in [6.45, 7) is 1.88. The molecule has 6 heteroatoms. The van der Waals surface area contributed by atoms with Crippen LogP contribution in [0.5, 0.6) is 0 Å². The lowest BCUT2D eigenvalue weighted by Gasteiger charge is -2.18. The molecule has 0 aliphatic carbocycles. The van der Waals surface area contributed by atoms with Gasteiger partial charge >= 0.3 is 5.97 Å². The summed E-state index contributed by atoms with van der Waals surface area (Å²) in [5, 5.41) is 11.7. The van der Waals surface area contributed by atoms with Gasteiger partial charge in [-0.25, -0.2) is 4.79 Å². The molecule has 1 aromatic rings. The number of benzene rings is 1. The number of rotatable bonds is 4. The second-order valence-electron chi connectivity index (χ2n) is 4.78. The van der Waals surface area contributed by atoms with E-state index in [1.165, 1.54) is 0 Å². The van der Waals surface area contributed by atoms with E-state index in [0.717, 1.165) is 10.0 Å². The maximum Gasteiger partial charge on any atom is 0.332 e. The molecular weight excluding hydrogens is 326 g/mol. The Bertz CT molecular complexity index is 520. The van der Waals surface area contributed by atoms with E-state index in [-0.39, 0.29) is 11.9 Å². The normalized spacial score (nSPS) is 23.3. The first-order valence-electron chi connectivity index (χ1n) is 6.42. The molecule has 1 aromatic carbocycles. The molecule has 1 unspecified atom stereocenters. The number of ether oxygens (including phenoxy) is 1. The van der Waals surface area contributed by atoms with Gasteiger partial charge < -0.3 is 15.2 Å². The molecule has 1 aliphatic heterocycles. The highest BCUT2D eigenvalue weighted by Crippen LogP contribution is 2.24. The van der Waals surface area contributed by atoms with Crippen LogP contribution in [0, 0.1) is 0 Å². The predicted octanol–water partition coefficient (Wildman–Crippen LogP) is 2.26. The highest BCUT2D eigenvalue weighted by Gasteiger charge is 2.35. The molecule has 1 aliphatic rings. The molecule has 0 aromatic heterocycles. The maximum absolute atomic E-state index is 12.1. The lowest BCUT2D eigenvalue weighted by Crippen LogP contribution is -2.37. The Morgan fingerprint density at radius 1 is 1.35 bits per heavy atom. The zero-order valence-electron chi connectivity index (χ0n) is 11.0. The van der Waals surface area contributed by atoms with E-state index in [9.17, 15) is 9.59 Å². The number of amides is 1. The average Bonchev–Trinajstić information content (AvgIpc) is 2.88. The standard InChI is InChI=1S/C14H16BrNO4/c1-8(9-4-2-3-5-10(9)15)16-13(17)11-6-7-12(20-11)14(18)19/h2-5,8,11-12H,6-7H2,1H3,(H,16,17)(H,18,19)/t8?,11-,12+/m0/s1. The van der Waals surface area contributed by atoms with Crippen molar-refractivity contribution in [3.05, 3.63) is 34.3 Å². The molecule has 2 N–H and O–H groups in total. The summed E-state index contributed by atoms with van der Waals surface area (Å²) in [5.41, 5.74) is 0.966. The van der Waals surface area contributed by atoms with Gasteiger partial charge in [-0.15, -0.1) is 0 Å². The molecule has 1 saturated heterocycles. The molecule has 0 bridgehead atoms. The Morgan fingerprint density at radius 3 is 2.60 bits per heavy atom. The fraction of sp³-hybridized carbons (Fsp3) is 0.429. The third-order valence-corrected chi connectivity index (χ3v) is 4.04. The van der Waals surface area contributed by atoms with E-state index in [0.29, 0.717) is 12.8 Å². The van der Waals surface area contributed by atoms with Crippen LogP contribution in [0.4, 0.5) is 0 Å². The first kappa shape index (κ1) is 15.0. The molecule has 20 heavy (non-hydrogen) atoms. The van der Waals surface area contributed by atoms with E-state index < -0.39 is 18.2 Å². The summed E-state index contributed by atoms with van der Waals surface area (Å²) < 4.78 is 6.15. The van der Waals surface area contributed by atoms with Gasteiger partial charge in [0.2, 0.25) is 5.91 Å². The van der Waals surface area contributed by atoms with Crippen LogP contribution in [0.15, 0.2) is 28.7 Å². The molecule has 2 rings (SSSR count). The lowest BCUT2D eigenvalue weighted by molar-refractivity contribution is -0.151. The summed E-state index contributed by atoms with van der Waals surface area (Å²) in [5.74, 6) is -1.28. The smallest absolute Gasteiger partial charge is 0.332 e. The van der Waals surface area contributed by atoms with Gasteiger partial charge in [0.25, 0.3) is 0 Å². The van der Waals surface area contributed by atoms with E-state index in [4.69, 9.17) is 9.84 Å². The number of carboxylic acids is 1. The number of aliphatic carboxylic acids is 1. The van der Waals surface area contributed by atoms with Crippen LogP contribution >= 0.6 is 15.9 Å². The zero-order valence-corrected chi connectivity index (χ0v) is 12.6. The molecule has 0 spiro atoms. The largest absolute Gasteiger partial charge is 0.479 e. The van der Waals surface area contributed by atoms with Crippen LogP contribution in [0.3, 0.4) is 0 Å². The quantitative estimate of drug-likeness (QED) is 0.880. The van der Waals surface area contributed by atoms with Crippen LogP contribution in [-0.2, 0) is 14.3 Å². The lowest BCUT2D eigenvalue weighted by atomic mass is 10.1. The second-order valence-corrected chi connectivity index (χ2v) is 5.64. The highest BCUT2D eigenvalue weighted by atomic mass is 79.9. The van der Waals surface area contributed by atoms with E-state index in [1.54, 1.807) is 0 Å². The van der Waals surface area contributed by atoms with Crippen molar-refractivity contribution in [1.29, 1.82) is 0 Å². The summed E-state index contributed by atoms with van der Waals surface area (Å²) in [7, 11) is 0. The van der Waals surface area contributed by atoms with Crippen LogP contribution in [0.1, 0.15) is 31.4 Å². The molecule has 3 atom stereocenters. The van der Waals surface area contributed by atoms with Gasteiger partial charge in [0, 0.05) is 4.47 Å². The Balaban J connectivity index is 1.95. The highest BCUT2D eigenvalue weighted by molar-refractivity contribution is 9.10. The number of hydrogen-bond acceptors (Lipinski definition) is 3. The average molecular weight is 342 g/mol. The number of carboxylic acid groups (broad SMARTS) is 1. The Morgan fingerprint density at radius 2 is 2.00 bits per heavy atom. The minimum atomic E-state index is -1.01. The molecule has 1 heterocycles. The molecule has 1 amide bonds. The number of carbonyl (C=O) groups is 2. The van der Waals surface area contributed by atoms with Gasteiger partial charge in [-0.2, -0.15) is 0 Å². The Labute approximate surface area is 125 Å². The van der Waals surface area contributed by atoms with Crippen LogP contribution in [-0.4, -0.2) is 29.2 Å². The minimum absolute atomic E-state index is 0.175. The number of halogens is 1. The van der Waals surface area contributed by atoms with Crippen molar-refractivity contribution in [2.75, 3.05) is 0 Å². The topological polar surface area (TPSA) is 75.6 Å². The van der Waals surface area contributed by atoms with Crippen molar-refractivity contribution in [2.45, 2.75) is 38.0 Å². The van der Waals surface area contributed by atoms with Crippen molar-refractivity contribution in [2.24, 2.45) is 0 Å². The predicted molar refractivity (Wildman–Crippen MR) is 76.2 cm³/mol. The summed E-state index contributed by atoms with van der Waals surface area (Å²) in [4.78, 5) is 22.9. The first-order chi connectivity index (χ1) is 9.49. The van der Waals surface area contributed by atoms with Gasteiger partial charge in [-0.05, 0) is 31.4 Å². The van der Waals surface area contributed by atoms with Crippen LogP contribution in [0.2, 0.25) is 0 Å². The molecule has 1 fully saturated rings. The van der Waals surface area contributed by atoms with Crippen molar-refractivity contribution >= 4 is 27.8 Å². The van der Waals surface area contributed by atoms with Gasteiger partial charge in [0.05, 0.1) is 6.04 Å². The summed E-state index contributed by atoms with van der Waals surface area (Å²) in [6, 6.07) is 7.45. The van der Waals surface area contributed by atoms with Crippen molar-refractivity contribution < 1.29 is 19.4 Å². The van der Waals surface area contributed by atoms with Crippen LogP contribution in [0.25, 0.3) is 0 Å². The van der Waals surface area contributed by atoms with Gasteiger partial charge in [-0.3, -0.25) is 4.79 Å². The Hall–Kier alpha value is -1.40. The van der Waals surface area contributed by atoms with Crippen LogP contribution < -0.4 is 5.32 Å². The molecular formula is C14H16BrNO4. The first-order valence-corrected chi connectivity index (χ1v) is 7.21. The van der Waals surface area contributed by atoms with Crippen molar-refractivity contribution in [1.82, 2.24) is 5.32 Å². The van der Waals surface area contributed by atoms with Gasteiger partial charge in [0.1, 0.15) is 6.10 Å². The molecule has 0 radical (unpaired) electrons. The minimum Gasteiger partial charge on any atom is -0.479 e. The van der Waals surface area contributed by atoms with E-state index in [1.807, 2.05) is 31.2 Å². The summed E-state index contributed by atoms with van der Waals surface area (Å²) >= 11 is 3.44. The Kier molecular flexibility index (Phi) is 4.77. The fourth-order valence-corrected chi connectivity index (χ4v) is 2.85. The third-order valence-electron chi connectivity index (χ3n) is 3.32.